The van der Waals surface area contributed by atoms with Gasteiger partial charge in [0.2, 0.25) is 5.91 Å². The lowest BCUT2D eigenvalue weighted by Crippen LogP contribution is -2.55. The maximum atomic E-state index is 16.7. The highest BCUT2D eigenvalue weighted by atomic mass is 19.1. The molecule has 9 nitrogen and oxygen atoms in total. The maximum absolute atomic E-state index is 16.7. The van der Waals surface area contributed by atoms with Crippen molar-refractivity contribution in [3.05, 3.63) is 54.0 Å². The van der Waals surface area contributed by atoms with Gasteiger partial charge in [-0.2, -0.15) is 15.2 Å². The first-order chi connectivity index (χ1) is 21.9. The van der Waals surface area contributed by atoms with Crippen LogP contribution in [0.25, 0.3) is 22.2 Å². The zero-order valence-electron chi connectivity index (χ0n) is 25.1. The van der Waals surface area contributed by atoms with Gasteiger partial charge in [0.05, 0.1) is 29.5 Å². The van der Waals surface area contributed by atoms with E-state index in [0.717, 1.165) is 37.8 Å². The predicted molar refractivity (Wildman–Crippen MR) is 164 cm³/mol. The van der Waals surface area contributed by atoms with Gasteiger partial charge in [0.15, 0.2) is 5.82 Å². The largest absolute Gasteiger partial charge is 0.461 e. The molecule has 5 atom stereocenters. The lowest BCUT2D eigenvalue weighted by molar-refractivity contribution is -0.128. The molecule has 3 aromatic rings. The molecular formula is C34H35F2N7O2. The number of fused-ring (bicyclic) bond motifs is 5. The van der Waals surface area contributed by atoms with Gasteiger partial charge in [0.1, 0.15) is 29.8 Å². The van der Waals surface area contributed by atoms with Gasteiger partial charge in [0, 0.05) is 44.4 Å². The van der Waals surface area contributed by atoms with Gasteiger partial charge in [-0.25, -0.2) is 8.78 Å². The monoisotopic (exact) mass is 611 g/mol. The van der Waals surface area contributed by atoms with Crippen LogP contribution in [0.2, 0.25) is 0 Å². The van der Waals surface area contributed by atoms with Crippen LogP contribution < -0.4 is 9.64 Å². The number of hydrogen-bond donors (Lipinski definition) is 0. The first-order valence-corrected chi connectivity index (χ1v) is 15.9. The number of aromatic nitrogens is 3. The molecule has 0 N–H and O–H groups in total. The summed E-state index contributed by atoms with van der Waals surface area (Å²) < 4.78 is 37.5. The van der Waals surface area contributed by atoms with Gasteiger partial charge in [-0.05, 0) is 61.3 Å². The second kappa shape index (κ2) is 10.7. The lowest BCUT2D eigenvalue weighted by Gasteiger charge is -2.41. The van der Waals surface area contributed by atoms with E-state index < -0.39 is 23.6 Å². The molecule has 2 aromatic heterocycles. The highest BCUT2D eigenvalue weighted by Crippen LogP contribution is 2.58. The van der Waals surface area contributed by atoms with Crippen LogP contribution in [0.15, 0.2) is 37.1 Å². The number of benzene rings is 1. The van der Waals surface area contributed by atoms with Crippen molar-refractivity contribution in [2.75, 3.05) is 44.2 Å². The van der Waals surface area contributed by atoms with Gasteiger partial charge in [-0.3, -0.25) is 14.7 Å². The number of carbonyl (C=O) groups is 1. The molecule has 1 aromatic carbocycles. The van der Waals surface area contributed by atoms with Crippen molar-refractivity contribution in [3.8, 4) is 23.3 Å². The highest BCUT2D eigenvalue weighted by molar-refractivity contribution is 5.93. The number of pyridine rings is 1. The Bertz CT molecular complexity index is 1760. The van der Waals surface area contributed by atoms with Gasteiger partial charge in [-0.15, -0.1) is 0 Å². The van der Waals surface area contributed by atoms with Crippen molar-refractivity contribution >= 4 is 22.6 Å². The normalized spacial score (nSPS) is 28.5. The molecule has 5 heterocycles. The van der Waals surface area contributed by atoms with Crippen LogP contribution in [0.4, 0.5) is 14.6 Å². The summed E-state index contributed by atoms with van der Waals surface area (Å²) in [7, 11) is 0. The molecule has 1 amide bonds. The Morgan fingerprint density at radius 1 is 1.24 bits per heavy atom. The van der Waals surface area contributed by atoms with Gasteiger partial charge >= 0.3 is 6.01 Å². The Labute approximate surface area is 260 Å². The van der Waals surface area contributed by atoms with Crippen LogP contribution in [-0.4, -0.2) is 87.7 Å². The highest BCUT2D eigenvalue weighted by Gasteiger charge is 2.50. The van der Waals surface area contributed by atoms with E-state index in [1.807, 2.05) is 17.0 Å². The van der Waals surface area contributed by atoms with E-state index in [4.69, 9.17) is 9.72 Å². The van der Waals surface area contributed by atoms with Crippen molar-refractivity contribution in [3.63, 3.8) is 0 Å². The molecule has 11 heteroatoms. The number of piperazine rings is 1. The van der Waals surface area contributed by atoms with Crippen LogP contribution in [-0.2, 0) is 11.2 Å². The van der Waals surface area contributed by atoms with Gasteiger partial charge < -0.3 is 14.5 Å². The molecule has 1 saturated carbocycles. The zero-order valence-corrected chi connectivity index (χ0v) is 25.1. The number of carbonyl (C=O) groups excluding carboxylic acids is 1. The molecule has 5 aliphatic rings. The number of hydrogen-bond acceptors (Lipinski definition) is 8. The van der Waals surface area contributed by atoms with E-state index in [0.29, 0.717) is 55.6 Å². The Balaban J connectivity index is 1.20. The van der Waals surface area contributed by atoms with Crippen LogP contribution >= 0.6 is 0 Å². The molecule has 3 aliphatic heterocycles. The summed E-state index contributed by atoms with van der Waals surface area (Å²) in [4.78, 5) is 32.4. The fourth-order valence-corrected chi connectivity index (χ4v) is 8.44. The number of nitrogens with zero attached hydrogens (tertiary/aromatic N) is 7. The number of nitriles is 1. The number of rotatable bonds is 7. The first-order valence-electron chi connectivity index (χ1n) is 15.9. The van der Waals surface area contributed by atoms with Crippen LogP contribution in [0, 0.1) is 23.1 Å². The fraction of sp³-hybridized carbons (Fsp3) is 0.500. The number of halogens is 2. The third kappa shape index (κ3) is 4.64. The second-order valence-corrected chi connectivity index (χ2v) is 13.3. The van der Waals surface area contributed by atoms with E-state index in [1.54, 1.807) is 11.1 Å². The van der Waals surface area contributed by atoms with Crippen molar-refractivity contribution in [1.82, 2.24) is 24.8 Å². The SMILES string of the molecule is C=CC(=O)N1CCN(c2nc(OC[C@@]34CCCN3C[C@H](F)C4)nc3c(F)c(-c4cccc5c4[C@H]4C[C@H]4C5)ncc23)C[C@@H]1CC#N. The molecule has 3 saturated heterocycles. The molecule has 4 fully saturated rings. The summed E-state index contributed by atoms with van der Waals surface area (Å²) in [5, 5.41) is 9.96. The molecule has 0 radical (unpaired) electrons. The van der Waals surface area contributed by atoms with Crippen LogP contribution in [0.5, 0.6) is 6.01 Å². The number of alkyl halides is 1. The average molecular weight is 612 g/mol. The standard InChI is InChI=1S/C34H35F2N7O2/c1-2-27(44)43-12-11-41(18-23(43)7-9-37)32-26-16-38-30(24-6-3-5-20-13-21-14-25(21)28(20)24)29(36)31(26)39-33(40-32)45-19-34-8-4-10-42(34)17-22(35)15-34/h2-3,5-6,16,21-23,25H,1,4,7-8,10-15,17-19H2/t21-,22-,23+,25+,34+/m1/s1. The summed E-state index contributed by atoms with van der Waals surface area (Å²) in [6.45, 7) is 6.13. The zero-order chi connectivity index (χ0) is 30.9. The summed E-state index contributed by atoms with van der Waals surface area (Å²) in [6, 6.07) is 7.85. The van der Waals surface area contributed by atoms with Crippen molar-refractivity contribution in [2.24, 2.45) is 5.92 Å². The summed E-state index contributed by atoms with van der Waals surface area (Å²) in [5.41, 5.74) is 3.23. The molecule has 0 spiro atoms. The molecule has 8 rings (SSSR count). The second-order valence-electron chi connectivity index (χ2n) is 13.3. The van der Waals surface area contributed by atoms with Crippen LogP contribution in [0.3, 0.4) is 0 Å². The van der Waals surface area contributed by atoms with E-state index in [2.05, 4.69) is 33.6 Å². The number of amides is 1. The minimum absolute atomic E-state index is 0.0269. The number of anilines is 1. The minimum atomic E-state index is -0.904. The third-order valence-corrected chi connectivity index (χ3v) is 10.7. The smallest absolute Gasteiger partial charge is 0.319 e. The Hall–Kier alpha value is -4.17. The fourth-order valence-electron chi connectivity index (χ4n) is 8.44. The quantitative estimate of drug-likeness (QED) is 0.359. The van der Waals surface area contributed by atoms with E-state index in [9.17, 15) is 14.4 Å². The summed E-state index contributed by atoms with van der Waals surface area (Å²) in [6.07, 6.45) is 6.46. The van der Waals surface area contributed by atoms with Crippen molar-refractivity contribution < 1.29 is 18.3 Å². The van der Waals surface area contributed by atoms with E-state index >= 15 is 4.39 Å². The Morgan fingerprint density at radius 3 is 2.98 bits per heavy atom. The summed E-state index contributed by atoms with van der Waals surface area (Å²) in [5.74, 6) is 0.774. The molecule has 232 valence electrons. The van der Waals surface area contributed by atoms with Gasteiger partial charge in [0.25, 0.3) is 0 Å². The average Bonchev–Trinajstić information content (AvgIpc) is 3.37. The van der Waals surface area contributed by atoms with Crippen LogP contribution in [0.1, 0.15) is 49.1 Å². The maximum Gasteiger partial charge on any atom is 0.319 e. The van der Waals surface area contributed by atoms with E-state index in [1.165, 1.54) is 17.2 Å². The Kier molecular flexibility index (Phi) is 6.75. The minimum Gasteiger partial charge on any atom is -0.461 e. The topological polar surface area (TPSA) is 98.5 Å². The summed E-state index contributed by atoms with van der Waals surface area (Å²) >= 11 is 0. The molecule has 0 unspecified atom stereocenters. The molecule has 0 bridgehead atoms. The molecule has 45 heavy (non-hydrogen) atoms. The van der Waals surface area contributed by atoms with Crippen molar-refractivity contribution in [2.45, 2.75) is 62.2 Å². The van der Waals surface area contributed by atoms with Gasteiger partial charge in [-0.1, -0.05) is 24.8 Å². The third-order valence-electron chi connectivity index (χ3n) is 10.7. The van der Waals surface area contributed by atoms with Crippen molar-refractivity contribution in [1.29, 1.82) is 5.26 Å². The molecular weight excluding hydrogens is 576 g/mol. The first kappa shape index (κ1) is 28.3. The predicted octanol–water partition coefficient (Wildman–Crippen LogP) is 4.56. The molecule has 2 aliphatic carbocycles. The van der Waals surface area contributed by atoms with E-state index in [-0.39, 0.29) is 36.2 Å². The Morgan fingerprint density at radius 2 is 2.13 bits per heavy atom. The lowest BCUT2D eigenvalue weighted by atomic mass is 9.95. The number of ether oxygens (including phenoxy) is 1.